The highest BCUT2D eigenvalue weighted by molar-refractivity contribution is 6.28. The van der Waals surface area contributed by atoms with Gasteiger partial charge < -0.3 is 0 Å². The smallest absolute Gasteiger partial charge is 0.160 e. The maximum atomic E-state index is 4.94. The Balaban J connectivity index is 1.72. The fourth-order valence-corrected chi connectivity index (χ4v) is 4.40. The molecule has 0 unspecified atom stereocenters. The van der Waals surface area contributed by atoms with Crippen LogP contribution in [0.4, 0.5) is 0 Å². The van der Waals surface area contributed by atoms with Gasteiger partial charge in [0, 0.05) is 22.7 Å². The predicted octanol–water partition coefficient (Wildman–Crippen LogP) is 7.27. The molecular formula is C28H18N2. The van der Waals surface area contributed by atoms with Crippen LogP contribution in [-0.4, -0.2) is 9.97 Å². The van der Waals surface area contributed by atoms with E-state index in [1.165, 1.54) is 32.3 Å². The van der Waals surface area contributed by atoms with Gasteiger partial charge in [-0.3, -0.25) is 0 Å². The second-order valence-electron chi connectivity index (χ2n) is 7.45. The molecule has 0 spiro atoms. The molecule has 0 fully saturated rings. The quantitative estimate of drug-likeness (QED) is 0.294. The van der Waals surface area contributed by atoms with Crippen LogP contribution in [0.2, 0.25) is 0 Å². The highest BCUT2D eigenvalue weighted by Crippen LogP contribution is 2.39. The molecular weight excluding hydrogens is 364 g/mol. The molecule has 0 aliphatic rings. The van der Waals surface area contributed by atoms with Crippen molar-refractivity contribution in [3.63, 3.8) is 0 Å². The van der Waals surface area contributed by atoms with Crippen molar-refractivity contribution in [2.75, 3.05) is 0 Å². The lowest BCUT2D eigenvalue weighted by atomic mass is 9.91. The van der Waals surface area contributed by atoms with E-state index in [2.05, 4.69) is 83.8 Å². The zero-order chi connectivity index (χ0) is 19.9. The van der Waals surface area contributed by atoms with E-state index in [1.54, 1.807) is 0 Å². The maximum absolute atomic E-state index is 4.94. The second kappa shape index (κ2) is 6.78. The van der Waals surface area contributed by atoms with Gasteiger partial charge in [-0.25, -0.2) is 9.97 Å². The third-order valence-electron chi connectivity index (χ3n) is 5.73. The number of hydrogen-bond acceptors (Lipinski definition) is 2. The molecule has 0 atom stereocenters. The number of nitrogens with zero attached hydrogens (tertiary/aromatic N) is 2. The third kappa shape index (κ3) is 2.58. The van der Waals surface area contributed by atoms with E-state index in [-0.39, 0.29) is 0 Å². The van der Waals surface area contributed by atoms with Gasteiger partial charge in [-0.05, 0) is 33.0 Å². The Labute approximate surface area is 174 Å². The van der Waals surface area contributed by atoms with Gasteiger partial charge in [0.25, 0.3) is 0 Å². The fraction of sp³-hybridized carbons (Fsp3) is 0. The molecule has 140 valence electrons. The SMILES string of the molecule is c1ccc(-c2ccnc(-c3cccc4c5ccccc5c5ccccc5c34)n2)cc1. The van der Waals surface area contributed by atoms with Crippen molar-refractivity contribution in [3.05, 3.63) is 109 Å². The van der Waals surface area contributed by atoms with Crippen LogP contribution < -0.4 is 0 Å². The van der Waals surface area contributed by atoms with Gasteiger partial charge in [-0.1, -0.05) is 97.1 Å². The molecule has 0 radical (unpaired) electrons. The third-order valence-corrected chi connectivity index (χ3v) is 5.73. The van der Waals surface area contributed by atoms with Crippen molar-refractivity contribution >= 4 is 32.3 Å². The van der Waals surface area contributed by atoms with Gasteiger partial charge in [-0.15, -0.1) is 0 Å². The largest absolute Gasteiger partial charge is 0.237 e. The van der Waals surface area contributed by atoms with Crippen molar-refractivity contribution in [3.8, 4) is 22.6 Å². The van der Waals surface area contributed by atoms with Crippen LogP contribution in [0.1, 0.15) is 0 Å². The molecule has 0 aliphatic heterocycles. The van der Waals surface area contributed by atoms with Gasteiger partial charge in [0.2, 0.25) is 0 Å². The molecule has 5 aromatic carbocycles. The maximum Gasteiger partial charge on any atom is 0.160 e. The average Bonchev–Trinajstić information content (AvgIpc) is 2.84. The molecule has 6 rings (SSSR count). The standard InChI is InChI=1S/C28H18N2/c1-2-9-19(10-3-1)26-17-18-29-28(30-26)25-16-8-15-24-22-12-5-4-11-20(22)21-13-6-7-14-23(21)27(24)25/h1-18H. The molecule has 1 aromatic heterocycles. The van der Waals surface area contributed by atoms with Crippen molar-refractivity contribution in [2.45, 2.75) is 0 Å². The summed E-state index contributed by atoms with van der Waals surface area (Å²) in [7, 11) is 0. The van der Waals surface area contributed by atoms with Crippen molar-refractivity contribution in [1.82, 2.24) is 9.97 Å². The molecule has 0 saturated heterocycles. The van der Waals surface area contributed by atoms with Crippen LogP contribution in [0.15, 0.2) is 109 Å². The minimum atomic E-state index is 0.752. The molecule has 0 aliphatic carbocycles. The summed E-state index contributed by atoms with van der Waals surface area (Å²) in [6.45, 7) is 0. The summed E-state index contributed by atoms with van der Waals surface area (Å²) < 4.78 is 0. The second-order valence-corrected chi connectivity index (χ2v) is 7.45. The summed E-state index contributed by atoms with van der Waals surface area (Å²) in [5, 5.41) is 7.46. The lowest BCUT2D eigenvalue weighted by molar-refractivity contribution is 1.18. The molecule has 30 heavy (non-hydrogen) atoms. The fourth-order valence-electron chi connectivity index (χ4n) is 4.40. The number of fused-ring (bicyclic) bond motifs is 6. The van der Waals surface area contributed by atoms with Gasteiger partial charge in [0.1, 0.15) is 0 Å². The zero-order valence-electron chi connectivity index (χ0n) is 16.3. The topological polar surface area (TPSA) is 25.8 Å². The van der Waals surface area contributed by atoms with Crippen LogP contribution in [0.25, 0.3) is 55.0 Å². The Morgan fingerprint density at radius 1 is 0.467 bits per heavy atom. The highest BCUT2D eigenvalue weighted by Gasteiger charge is 2.14. The van der Waals surface area contributed by atoms with Gasteiger partial charge in [0.15, 0.2) is 5.82 Å². The van der Waals surface area contributed by atoms with Crippen LogP contribution in [0.3, 0.4) is 0 Å². The van der Waals surface area contributed by atoms with E-state index in [0.717, 1.165) is 22.6 Å². The average molecular weight is 382 g/mol. The van der Waals surface area contributed by atoms with Crippen LogP contribution in [-0.2, 0) is 0 Å². The summed E-state index contributed by atoms with van der Waals surface area (Å²) in [5.74, 6) is 0.752. The van der Waals surface area contributed by atoms with Crippen LogP contribution >= 0.6 is 0 Å². The number of benzene rings is 5. The van der Waals surface area contributed by atoms with E-state index >= 15 is 0 Å². The van der Waals surface area contributed by atoms with E-state index in [1.807, 2.05) is 30.5 Å². The summed E-state index contributed by atoms with van der Waals surface area (Å²) in [4.78, 5) is 9.60. The minimum absolute atomic E-state index is 0.752. The first kappa shape index (κ1) is 16.9. The molecule has 0 amide bonds. The highest BCUT2D eigenvalue weighted by atomic mass is 14.9. The van der Waals surface area contributed by atoms with E-state index < -0.39 is 0 Å². The van der Waals surface area contributed by atoms with E-state index in [9.17, 15) is 0 Å². The summed E-state index contributed by atoms with van der Waals surface area (Å²) in [5.41, 5.74) is 3.09. The van der Waals surface area contributed by atoms with E-state index in [0.29, 0.717) is 0 Å². The lowest BCUT2D eigenvalue weighted by Gasteiger charge is -2.13. The first-order valence-corrected chi connectivity index (χ1v) is 10.1. The number of aromatic nitrogens is 2. The number of hydrogen-bond donors (Lipinski definition) is 0. The molecule has 2 nitrogen and oxygen atoms in total. The van der Waals surface area contributed by atoms with E-state index in [4.69, 9.17) is 4.98 Å². The molecule has 1 heterocycles. The molecule has 0 bridgehead atoms. The van der Waals surface area contributed by atoms with Crippen LogP contribution in [0.5, 0.6) is 0 Å². The molecule has 0 N–H and O–H groups in total. The first-order chi connectivity index (χ1) is 14.9. The lowest BCUT2D eigenvalue weighted by Crippen LogP contribution is -1.93. The van der Waals surface area contributed by atoms with Gasteiger partial charge in [-0.2, -0.15) is 0 Å². The molecule has 6 aromatic rings. The Hall–Kier alpha value is -4.04. The van der Waals surface area contributed by atoms with Gasteiger partial charge >= 0.3 is 0 Å². The monoisotopic (exact) mass is 382 g/mol. The van der Waals surface area contributed by atoms with Gasteiger partial charge in [0.05, 0.1) is 5.69 Å². The van der Waals surface area contributed by atoms with Crippen molar-refractivity contribution < 1.29 is 0 Å². The van der Waals surface area contributed by atoms with Crippen molar-refractivity contribution in [1.29, 1.82) is 0 Å². The Morgan fingerprint density at radius 2 is 1.03 bits per heavy atom. The summed E-state index contributed by atoms with van der Waals surface area (Å²) in [6.07, 6.45) is 1.85. The van der Waals surface area contributed by atoms with Crippen LogP contribution in [0, 0.1) is 0 Å². The number of rotatable bonds is 2. The zero-order valence-corrected chi connectivity index (χ0v) is 16.3. The Bertz CT molecular complexity index is 1490. The first-order valence-electron chi connectivity index (χ1n) is 10.1. The Kier molecular flexibility index (Phi) is 3.82. The normalized spacial score (nSPS) is 11.3. The summed E-state index contributed by atoms with van der Waals surface area (Å²) in [6, 6.07) is 35.9. The predicted molar refractivity (Wildman–Crippen MR) is 125 cm³/mol. The summed E-state index contributed by atoms with van der Waals surface area (Å²) >= 11 is 0. The molecule has 2 heteroatoms. The minimum Gasteiger partial charge on any atom is -0.237 e. The molecule has 0 saturated carbocycles. The Morgan fingerprint density at radius 3 is 1.73 bits per heavy atom. The van der Waals surface area contributed by atoms with Crippen molar-refractivity contribution in [2.24, 2.45) is 0 Å².